The third-order valence-corrected chi connectivity index (χ3v) is 8.03. The van der Waals surface area contributed by atoms with Crippen molar-refractivity contribution in [2.75, 3.05) is 29.4 Å². The van der Waals surface area contributed by atoms with E-state index in [2.05, 4.69) is 23.1 Å². The average molecular weight is 472 g/mol. The van der Waals surface area contributed by atoms with Crippen LogP contribution in [0, 0.1) is 5.41 Å². The molecule has 2 N–H and O–H groups in total. The molecule has 0 radical (unpaired) electrons. The molecule has 0 bridgehead atoms. The Labute approximate surface area is 200 Å². The van der Waals surface area contributed by atoms with Gasteiger partial charge in [0.05, 0.1) is 16.8 Å². The van der Waals surface area contributed by atoms with Crippen LogP contribution >= 0.6 is 23.2 Å². The second-order valence-electron chi connectivity index (χ2n) is 9.58. The van der Waals surface area contributed by atoms with E-state index in [4.69, 9.17) is 28.9 Å². The summed E-state index contributed by atoms with van der Waals surface area (Å²) >= 11 is 13.1. The van der Waals surface area contributed by atoms with Crippen LogP contribution < -0.4 is 15.5 Å². The zero-order chi connectivity index (χ0) is 22.3. The summed E-state index contributed by atoms with van der Waals surface area (Å²) in [7, 11) is 0. The summed E-state index contributed by atoms with van der Waals surface area (Å²) < 4.78 is 0. The number of nitrogens with two attached hydrogens (primary N) is 1. The second-order valence-corrected chi connectivity index (χ2v) is 10.4. The summed E-state index contributed by atoms with van der Waals surface area (Å²) in [5.41, 5.74) is 9.74. The van der Waals surface area contributed by atoms with Gasteiger partial charge in [-0.25, -0.2) is 0 Å². The van der Waals surface area contributed by atoms with Gasteiger partial charge in [-0.2, -0.15) is 0 Å². The molecular formula is C26H31Cl2N3O. The number of amides is 1. The number of carbonyl (C=O) groups is 1. The lowest BCUT2D eigenvalue weighted by Crippen LogP contribution is -2.47. The quantitative estimate of drug-likeness (QED) is 0.543. The first-order valence-corrected chi connectivity index (χ1v) is 12.6. The van der Waals surface area contributed by atoms with E-state index in [9.17, 15) is 4.79 Å². The number of hydrogen-bond donors (Lipinski definition) is 1. The van der Waals surface area contributed by atoms with Gasteiger partial charge in [0.1, 0.15) is 0 Å². The fourth-order valence-electron chi connectivity index (χ4n) is 5.05. The Morgan fingerprint density at radius 3 is 2.28 bits per heavy atom. The van der Waals surface area contributed by atoms with Crippen LogP contribution in [0.15, 0.2) is 36.4 Å². The molecule has 1 heterocycles. The zero-order valence-electron chi connectivity index (χ0n) is 18.5. The first-order valence-electron chi connectivity index (χ1n) is 11.9. The number of nitrogens with zero attached hydrogens (tertiary/aromatic N) is 2. The van der Waals surface area contributed by atoms with Crippen molar-refractivity contribution in [2.45, 2.75) is 57.4 Å². The number of fused-ring (bicyclic) bond motifs is 1. The fraction of sp³-hybridized carbons (Fsp3) is 0.500. The monoisotopic (exact) mass is 471 g/mol. The summed E-state index contributed by atoms with van der Waals surface area (Å²) in [6.07, 6.45) is 7.75. The minimum atomic E-state index is -0.261. The molecule has 2 aromatic carbocycles. The average Bonchev–Trinajstić information content (AvgIpc) is 3.72. The number of anilines is 2. The van der Waals surface area contributed by atoms with Crippen LogP contribution in [0.3, 0.4) is 0 Å². The van der Waals surface area contributed by atoms with E-state index in [0.717, 1.165) is 78.5 Å². The Morgan fingerprint density at radius 1 is 1.00 bits per heavy atom. The molecule has 0 saturated heterocycles. The largest absolute Gasteiger partial charge is 0.365 e. The van der Waals surface area contributed by atoms with E-state index in [1.165, 1.54) is 18.5 Å². The predicted octanol–water partition coefficient (Wildman–Crippen LogP) is 5.61. The number of rotatable bonds is 8. The minimum absolute atomic E-state index is 0.261. The highest BCUT2D eigenvalue weighted by Crippen LogP contribution is 2.53. The number of benzene rings is 2. The van der Waals surface area contributed by atoms with Gasteiger partial charge in [-0.3, -0.25) is 4.79 Å². The lowest BCUT2D eigenvalue weighted by atomic mass is 9.93. The SMILES string of the molecule is NCCCc1cc(Cl)c(CCC2(C(=O)N3CCN(C4CC4)c4ccccc43)CC2)cc1Cl. The van der Waals surface area contributed by atoms with Gasteiger partial charge in [0, 0.05) is 29.2 Å². The van der Waals surface area contributed by atoms with E-state index in [1.54, 1.807) is 0 Å². The van der Waals surface area contributed by atoms with Crippen LogP contribution in [-0.4, -0.2) is 31.6 Å². The smallest absolute Gasteiger partial charge is 0.233 e. The lowest BCUT2D eigenvalue weighted by molar-refractivity contribution is -0.123. The van der Waals surface area contributed by atoms with Crippen molar-refractivity contribution in [2.24, 2.45) is 11.1 Å². The van der Waals surface area contributed by atoms with Crippen LogP contribution in [-0.2, 0) is 17.6 Å². The maximum absolute atomic E-state index is 13.7. The second kappa shape index (κ2) is 8.89. The molecular weight excluding hydrogens is 441 g/mol. The topological polar surface area (TPSA) is 49.6 Å². The van der Waals surface area contributed by atoms with E-state index in [0.29, 0.717) is 12.6 Å². The minimum Gasteiger partial charge on any atom is -0.365 e. The maximum Gasteiger partial charge on any atom is 0.233 e. The van der Waals surface area contributed by atoms with Crippen LogP contribution in [0.1, 0.15) is 49.7 Å². The highest BCUT2D eigenvalue weighted by atomic mass is 35.5. The van der Waals surface area contributed by atoms with E-state index >= 15 is 0 Å². The molecule has 1 aliphatic heterocycles. The Kier molecular flexibility index (Phi) is 6.13. The zero-order valence-corrected chi connectivity index (χ0v) is 20.0. The van der Waals surface area contributed by atoms with Gasteiger partial charge in [0.15, 0.2) is 0 Å². The van der Waals surface area contributed by atoms with Gasteiger partial charge < -0.3 is 15.5 Å². The van der Waals surface area contributed by atoms with E-state index in [1.807, 2.05) is 23.1 Å². The number of carbonyl (C=O) groups excluding carboxylic acids is 1. The normalized spacial score (nSPS) is 19.1. The van der Waals surface area contributed by atoms with Crippen molar-refractivity contribution in [3.63, 3.8) is 0 Å². The molecule has 2 aromatic rings. The first kappa shape index (κ1) is 22.1. The van der Waals surface area contributed by atoms with Crippen molar-refractivity contribution in [3.8, 4) is 0 Å². The van der Waals surface area contributed by atoms with Gasteiger partial charge in [-0.15, -0.1) is 0 Å². The molecule has 0 aromatic heterocycles. The molecule has 3 aliphatic rings. The van der Waals surface area contributed by atoms with Crippen molar-refractivity contribution in [1.29, 1.82) is 0 Å². The van der Waals surface area contributed by atoms with E-state index < -0.39 is 0 Å². The number of para-hydroxylation sites is 2. The van der Waals surface area contributed by atoms with Gasteiger partial charge in [-0.05, 0) is 93.3 Å². The summed E-state index contributed by atoms with van der Waals surface area (Å²) in [5, 5.41) is 1.49. The Hall–Kier alpha value is -1.75. The number of aryl methyl sites for hydroxylation is 2. The molecule has 170 valence electrons. The summed E-state index contributed by atoms with van der Waals surface area (Å²) in [6, 6.07) is 13.0. The van der Waals surface area contributed by atoms with Gasteiger partial charge in [0.25, 0.3) is 0 Å². The van der Waals surface area contributed by atoms with Crippen LogP contribution in [0.25, 0.3) is 0 Å². The molecule has 32 heavy (non-hydrogen) atoms. The Bertz CT molecular complexity index is 1020. The van der Waals surface area contributed by atoms with Crippen LogP contribution in [0.4, 0.5) is 11.4 Å². The van der Waals surface area contributed by atoms with Crippen molar-refractivity contribution in [3.05, 3.63) is 57.6 Å². The predicted molar refractivity (Wildman–Crippen MR) is 133 cm³/mol. The third-order valence-electron chi connectivity index (χ3n) is 7.33. The Balaban J connectivity index is 1.30. The number of hydrogen-bond acceptors (Lipinski definition) is 3. The molecule has 2 saturated carbocycles. The standard InChI is InChI=1S/C26H31Cl2N3O/c27-21-17-19(22(28)16-18(21)4-3-13-29)9-10-26(11-12-26)25(32)31-15-14-30(20-7-8-20)23-5-1-2-6-24(23)31/h1-2,5-6,16-17,20H,3-4,7-15,29H2. The summed E-state index contributed by atoms with van der Waals surface area (Å²) in [4.78, 5) is 18.3. The van der Waals surface area contributed by atoms with Gasteiger partial charge in [-0.1, -0.05) is 35.3 Å². The van der Waals surface area contributed by atoms with E-state index in [-0.39, 0.29) is 11.3 Å². The van der Waals surface area contributed by atoms with Crippen molar-refractivity contribution in [1.82, 2.24) is 0 Å². The Morgan fingerprint density at radius 2 is 1.66 bits per heavy atom. The van der Waals surface area contributed by atoms with Crippen molar-refractivity contribution >= 4 is 40.5 Å². The van der Waals surface area contributed by atoms with Gasteiger partial charge in [0.2, 0.25) is 5.91 Å². The van der Waals surface area contributed by atoms with Crippen molar-refractivity contribution < 1.29 is 4.79 Å². The molecule has 5 rings (SSSR count). The van der Waals surface area contributed by atoms with Crippen LogP contribution in [0.2, 0.25) is 10.0 Å². The lowest BCUT2D eigenvalue weighted by Gasteiger charge is -2.39. The molecule has 0 spiro atoms. The third kappa shape index (κ3) is 4.25. The molecule has 4 nitrogen and oxygen atoms in total. The fourth-order valence-corrected chi connectivity index (χ4v) is 5.61. The molecule has 2 aliphatic carbocycles. The van der Waals surface area contributed by atoms with Gasteiger partial charge >= 0.3 is 0 Å². The summed E-state index contributed by atoms with van der Waals surface area (Å²) in [6.45, 7) is 2.34. The molecule has 0 unspecified atom stereocenters. The molecule has 0 atom stereocenters. The first-order chi connectivity index (χ1) is 15.5. The molecule has 1 amide bonds. The summed E-state index contributed by atoms with van der Waals surface area (Å²) in [5.74, 6) is 0.280. The van der Waals surface area contributed by atoms with Crippen LogP contribution in [0.5, 0.6) is 0 Å². The molecule has 2 fully saturated rings. The highest BCUT2D eigenvalue weighted by molar-refractivity contribution is 6.34. The number of halogens is 2. The maximum atomic E-state index is 13.7. The molecule has 6 heteroatoms. The highest BCUT2D eigenvalue weighted by Gasteiger charge is 2.52.